The molecule has 0 rings (SSSR count). The van der Waals surface area contributed by atoms with Gasteiger partial charge in [-0.3, -0.25) is 0 Å². The van der Waals surface area contributed by atoms with Gasteiger partial charge in [-0.05, 0) is 32.5 Å². The largest absolute Gasteiger partial charge is 0.418 e. The van der Waals surface area contributed by atoms with Crippen molar-refractivity contribution in [3.63, 3.8) is 0 Å². The lowest BCUT2D eigenvalue weighted by Crippen LogP contribution is -2.30. The maximum atomic E-state index is 9.81. The molecular weight excluding hydrogens is 196 g/mol. The minimum absolute atomic E-state index is 0.375. The smallest absolute Gasteiger partial charge is 0.186 e. The SMILES string of the molecule is CCO[Si](C)(C)CCCOCC=C=O. The topological polar surface area (TPSA) is 35.5 Å². The first-order chi connectivity index (χ1) is 6.62. The molecule has 0 saturated heterocycles. The normalized spacial score (nSPS) is 11.1. The summed E-state index contributed by atoms with van der Waals surface area (Å²) in [5, 5.41) is 0. The average molecular weight is 216 g/mol. The zero-order valence-corrected chi connectivity index (χ0v) is 10.3. The van der Waals surface area contributed by atoms with Gasteiger partial charge in [0.25, 0.3) is 0 Å². The number of carbonyl (C=O) groups excluding carboxylic acids is 1. The Balaban J connectivity index is 3.38. The molecule has 0 spiro atoms. The Morgan fingerprint density at radius 1 is 1.43 bits per heavy atom. The fraction of sp³-hybridized carbons (Fsp3) is 0.800. The number of hydrogen-bond donors (Lipinski definition) is 0. The van der Waals surface area contributed by atoms with Gasteiger partial charge >= 0.3 is 0 Å². The molecule has 0 fully saturated rings. The van der Waals surface area contributed by atoms with E-state index in [-0.39, 0.29) is 0 Å². The Morgan fingerprint density at radius 3 is 2.71 bits per heavy atom. The molecular formula is C10H20O3Si. The molecule has 0 amide bonds. The quantitative estimate of drug-likeness (QED) is 0.354. The number of ether oxygens (including phenoxy) is 1. The van der Waals surface area contributed by atoms with E-state index in [1.54, 1.807) is 5.94 Å². The highest BCUT2D eigenvalue weighted by Gasteiger charge is 2.20. The summed E-state index contributed by atoms with van der Waals surface area (Å²) in [5.74, 6) is 1.68. The van der Waals surface area contributed by atoms with E-state index in [2.05, 4.69) is 13.1 Å². The van der Waals surface area contributed by atoms with Crippen LogP contribution < -0.4 is 0 Å². The Morgan fingerprint density at radius 2 is 2.14 bits per heavy atom. The van der Waals surface area contributed by atoms with Crippen molar-refractivity contribution in [3.8, 4) is 0 Å². The molecule has 0 aliphatic carbocycles. The summed E-state index contributed by atoms with van der Waals surface area (Å²) >= 11 is 0. The molecule has 0 heterocycles. The predicted octanol–water partition coefficient (Wildman–Crippen LogP) is 2.02. The zero-order chi connectivity index (χ0) is 10.9. The lowest BCUT2D eigenvalue weighted by molar-refractivity contribution is 0.162. The highest BCUT2D eigenvalue weighted by atomic mass is 28.4. The van der Waals surface area contributed by atoms with Crippen LogP contribution in [-0.2, 0) is 14.0 Å². The van der Waals surface area contributed by atoms with E-state index < -0.39 is 8.32 Å². The van der Waals surface area contributed by atoms with Gasteiger partial charge in [-0.2, -0.15) is 0 Å². The van der Waals surface area contributed by atoms with Gasteiger partial charge in [0.05, 0.1) is 6.61 Å². The molecule has 0 unspecified atom stereocenters. The second kappa shape index (κ2) is 7.94. The van der Waals surface area contributed by atoms with Gasteiger partial charge in [-0.25, -0.2) is 4.79 Å². The van der Waals surface area contributed by atoms with E-state index in [0.717, 1.165) is 19.1 Å². The van der Waals surface area contributed by atoms with Crippen LogP contribution in [0.25, 0.3) is 0 Å². The van der Waals surface area contributed by atoms with Gasteiger partial charge in [-0.1, -0.05) is 0 Å². The van der Waals surface area contributed by atoms with Crippen molar-refractivity contribution in [3.05, 3.63) is 6.08 Å². The van der Waals surface area contributed by atoms with E-state index >= 15 is 0 Å². The molecule has 3 nitrogen and oxygen atoms in total. The lowest BCUT2D eigenvalue weighted by Gasteiger charge is -2.21. The third-order valence-corrected chi connectivity index (χ3v) is 4.51. The van der Waals surface area contributed by atoms with Crippen molar-refractivity contribution in [1.29, 1.82) is 0 Å². The first kappa shape index (κ1) is 13.6. The number of rotatable bonds is 8. The molecule has 0 aliphatic rings. The first-order valence-corrected chi connectivity index (χ1v) is 8.15. The fourth-order valence-corrected chi connectivity index (χ4v) is 3.16. The summed E-state index contributed by atoms with van der Waals surface area (Å²) in [4.78, 5) is 9.81. The van der Waals surface area contributed by atoms with Crippen LogP contribution in [0, 0.1) is 0 Å². The Labute approximate surface area is 87.2 Å². The molecule has 0 aromatic carbocycles. The van der Waals surface area contributed by atoms with Crippen molar-refractivity contribution < 1.29 is 14.0 Å². The molecule has 0 saturated carbocycles. The molecule has 4 heteroatoms. The second-order valence-electron chi connectivity index (χ2n) is 3.69. The third kappa shape index (κ3) is 8.20. The van der Waals surface area contributed by atoms with Crippen molar-refractivity contribution in [2.75, 3.05) is 19.8 Å². The van der Waals surface area contributed by atoms with Crippen LogP contribution in [0.2, 0.25) is 19.1 Å². The van der Waals surface area contributed by atoms with Crippen LogP contribution in [0.1, 0.15) is 13.3 Å². The first-order valence-electron chi connectivity index (χ1n) is 5.03. The minimum atomic E-state index is -1.44. The van der Waals surface area contributed by atoms with Gasteiger partial charge in [0.2, 0.25) is 0 Å². The van der Waals surface area contributed by atoms with Crippen LogP contribution in [0.3, 0.4) is 0 Å². The van der Waals surface area contributed by atoms with Crippen molar-refractivity contribution in [2.24, 2.45) is 0 Å². The molecule has 0 atom stereocenters. The van der Waals surface area contributed by atoms with Crippen molar-refractivity contribution in [1.82, 2.24) is 0 Å². The van der Waals surface area contributed by atoms with E-state index in [1.165, 1.54) is 6.08 Å². The summed E-state index contributed by atoms with van der Waals surface area (Å²) in [5.41, 5.74) is 0. The van der Waals surface area contributed by atoms with E-state index in [1.807, 2.05) is 6.92 Å². The summed E-state index contributed by atoms with van der Waals surface area (Å²) in [7, 11) is -1.44. The van der Waals surface area contributed by atoms with Gasteiger partial charge in [0.1, 0.15) is 5.94 Å². The summed E-state index contributed by atoms with van der Waals surface area (Å²) in [6.07, 6.45) is 2.36. The van der Waals surface area contributed by atoms with Crippen LogP contribution >= 0.6 is 0 Å². The van der Waals surface area contributed by atoms with Crippen LogP contribution in [0.5, 0.6) is 0 Å². The predicted molar refractivity (Wildman–Crippen MR) is 59.6 cm³/mol. The van der Waals surface area contributed by atoms with E-state index in [9.17, 15) is 4.79 Å². The Hall–Kier alpha value is -0.413. The van der Waals surface area contributed by atoms with Gasteiger partial charge in [-0.15, -0.1) is 0 Å². The monoisotopic (exact) mass is 216 g/mol. The van der Waals surface area contributed by atoms with Crippen molar-refractivity contribution >= 4 is 14.3 Å². The molecule has 0 aromatic heterocycles. The third-order valence-electron chi connectivity index (χ3n) is 1.89. The lowest BCUT2D eigenvalue weighted by atomic mass is 10.5. The zero-order valence-electron chi connectivity index (χ0n) is 9.34. The maximum absolute atomic E-state index is 9.81. The van der Waals surface area contributed by atoms with Gasteiger partial charge < -0.3 is 9.16 Å². The van der Waals surface area contributed by atoms with Gasteiger partial charge in [0, 0.05) is 19.3 Å². The van der Waals surface area contributed by atoms with E-state index in [4.69, 9.17) is 9.16 Å². The Bertz CT molecular complexity index is 186. The van der Waals surface area contributed by atoms with Gasteiger partial charge in [0.15, 0.2) is 8.32 Å². The summed E-state index contributed by atoms with van der Waals surface area (Å²) < 4.78 is 10.9. The molecule has 0 N–H and O–H groups in total. The van der Waals surface area contributed by atoms with Crippen LogP contribution in [0.4, 0.5) is 0 Å². The average Bonchev–Trinajstić information content (AvgIpc) is 2.11. The summed E-state index contributed by atoms with van der Waals surface area (Å²) in [6, 6.07) is 1.10. The maximum Gasteiger partial charge on any atom is 0.186 e. The molecule has 0 aromatic rings. The molecule has 0 aliphatic heterocycles. The Kier molecular flexibility index (Phi) is 7.71. The molecule has 0 bridgehead atoms. The molecule has 14 heavy (non-hydrogen) atoms. The highest BCUT2D eigenvalue weighted by Crippen LogP contribution is 2.13. The van der Waals surface area contributed by atoms with Crippen molar-refractivity contribution in [2.45, 2.75) is 32.5 Å². The minimum Gasteiger partial charge on any atom is -0.418 e. The molecule has 0 radical (unpaired) electrons. The fourth-order valence-electron chi connectivity index (χ4n) is 1.24. The number of hydrogen-bond acceptors (Lipinski definition) is 3. The van der Waals surface area contributed by atoms with Crippen LogP contribution in [0.15, 0.2) is 6.08 Å². The van der Waals surface area contributed by atoms with Crippen LogP contribution in [-0.4, -0.2) is 34.1 Å². The van der Waals surface area contributed by atoms with E-state index in [0.29, 0.717) is 13.2 Å². The highest BCUT2D eigenvalue weighted by molar-refractivity contribution is 6.71. The standard InChI is InChI=1S/C10H20O3Si/c1-4-13-14(2,3)10-6-9-12-8-5-7-11/h5H,4,6,8-10H2,1-3H3. The second-order valence-corrected chi connectivity index (χ2v) is 8.00. The molecule has 82 valence electrons. The summed E-state index contributed by atoms with van der Waals surface area (Å²) in [6.45, 7) is 8.32.